The molecule has 0 spiro atoms. The monoisotopic (exact) mass is 356 g/mol. The first-order valence-corrected chi connectivity index (χ1v) is 8.91. The van der Waals surface area contributed by atoms with Crippen molar-refractivity contribution in [3.05, 3.63) is 58.7 Å². The van der Waals surface area contributed by atoms with Crippen molar-refractivity contribution < 1.29 is 13.9 Å². The van der Waals surface area contributed by atoms with Gasteiger partial charge in [-0.2, -0.15) is 0 Å². The van der Waals surface area contributed by atoms with Gasteiger partial charge in [0.05, 0.1) is 13.2 Å². The molecule has 1 aliphatic rings. The van der Waals surface area contributed by atoms with Gasteiger partial charge < -0.3 is 14.6 Å². The van der Waals surface area contributed by atoms with Crippen LogP contribution in [0.15, 0.2) is 30.3 Å². The Morgan fingerprint density at radius 3 is 2.69 bits per heavy atom. The summed E-state index contributed by atoms with van der Waals surface area (Å²) in [6, 6.07) is 7.13. The molecule has 1 aliphatic carbocycles. The Labute approximate surface area is 153 Å². The van der Waals surface area contributed by atoms with Crippen molar-refractivity contribution in [2.75, 3.05) is 7.11 Å². The van der Waals surface area contributed by atoms with Gasteiger partial charge >= 0.3 is 0 Å². The Hall–Kier alpha value is -2.56. The zero-order valence-electron chi connectivity index (χ0n) is 15.7. The maximum Gasteiger partial charge on any atom is 0.244 e. The second-order valence-electron chi connectivity index (χ2n) is 6.89. The highest BCUT2D eigenvalue weighted by Gasteiger charge is 2.26. The fraction of sp³-hybridized carbons (Fsp3) is 0.381. The molecule has 1 N–H and O–H groups in total. The van der Waals surface area contributed by atoms with E-state index in [1.54, 1.807) is 12.1 Å². The van der Waals surface area contributed by atoms with Gasteiger partial charge in [-0.1, -0.05) is 6.07 Å². The summed E-state index contributed by atoms with van der Waals surface area (Å²) in [4.78, 5) is 12.2. The van der Waals surface area contributed by atoms with Crippen LogP contribution >= 0.6 is 0 Å². The summed E-state index contributed by atoms with van der Waals surface area (Å²) in [5.41, 5.74) is 4.18. The third-order valence-electron chi connectivity index (χ3n) is 4.88. The number of rotatable bonds is 6. The van der Waals surface area contributed by atoms with Crippen LogP contribution in [-0.4, -0.2) is 17.6 Å². The first kappa shape index (κ1) is 18.2. The van der Waals surface area contributed by atoms with E-state index in [0.29, 0.717) is 11.6 Å². The Kier molecular flexibility index (Phi) is 5.16. The van der Waals surface area contributed by atoms with E-state index >= 15 is 0 Å². The van der Waals surface area contributed by atoms with Crippen LogP contribution in [-0.2, 0) is 4.79 Å². The second kappa shape index (κ2) is 7.36. The molecular formula is C21H25FN2O2. The fourth-order valence-electron chi connectivity index (χ4n) is 3.33. The van der Waals surface area contributed by atoms with Gasteiger partial charge in [-0.15, -0.1) is 0 Å². The number of aromatic nitrogens is 1. The van der Waals surface area contributed by atoms with Crippen molar-refractivity contribution in [3.8, 4) is 5.75 Å². The first-order valence-electron chi connectivity index (χ1n) is 8.91. The van der Waals surface area contributed by atoms with Gasteiger partial charge in [-0.3, -0.25) is 4.79 Å². The summed E-state index contributed by atoms with van der Waals surface area (Å²) in [5.74, 6) is -0.447. The Morgan fingerprint density at radius 1 is 1.35 bits per heavy atom. The minimum atomic E-state index is -0.436. The molecule has 138 valence electrons. The summed E-state index contributed by atoms with van der Waals surface area (Å²) >= 11 is 0. The number of methoxy groups -OCH3 is 1. The number of carbonyl (C=O) groups excluding carboxylic acids is 1. The largest absolute Gasteiger partial charge is 0.494 e. The number of nitrogens with zero attached hydrogens (tertiary/aromatic N) is 1. The summed E-state index contributed by atoms with van der Waals surface area (Å²) in [7, 11) is 1.42. The molecule has 0 unspecified atom stereocenters. The quantitative estimate of drug-likeness (QED) is 0.776. The molecule has 0 radical (unpaired) electrons. The van der Waals surface area contributed by atoms with Gasteiger partial charge in [0.25, 0.3) is 0 Å². The highest BCUT2D eigenvalue weighted by atomic mass is 19.1. The number of aryl methyl sites for hydroxylation is 1. The second-order valence-corrected chi connectivity index (χ2v) is 6.89. The van der Waals surface area contributed by atoms with Crippen molar-refractivity contribution >= 4 is 12.0 Å². The molecule has 1 fully saturated rings. The molecule has 0 aliphatic heterocycles. The molecule has 1 amide bonds. The van der Waals surface area contributed by atoms with E-state index in [-0.39, 0.29) is 17.7 Å². The molecule has 5 heteroatoms. The van der Waals surface area contributed by atoms with E-state index in [1.165, 1.54) is 43.5 Å². The topological polar surface area (TPSA) is 43.3 Å². The van der Waals surface area contributed by atoms with Crippen LogP contribution < -0.4 is 10.1 Å². The lowest BCUT2D eigenvalue weighted by Gasteiger charge is -2.14. The summed E-state index contributed by atoms with van der Waals surface area (Å²) in [5, 5.41) is 2.87. The van der Waals surface area contributed by atoms with Gasteiger partial charge in [-0.25, -0.2) is 4.39 Å². The van der Waals surface area contributed by atoms with Crippen LogP contribution in [0.4, 0.5) is 4.39 Å². The molecule has 2 aromatic rings. The summed E-state index contributed by atoms with van der Waals surface area (Å²) < 4.78 is 21.1. The fourth-order valence-corrected chi connectivity index (χ4v) is 3.33. The summed E-state index contributed by atoms with van der Waals surface area (Å²) in [6.07, 6.45) is 5.85. The predicted octanol–water partition coefficient (Wildman–Crippen LogP) is 4.48. The molecule has 1 aromatic heterocycles. The molecule has 1 heterocycles. The number of benzene rings is 1. The van der Waals surface area contributed by atoms with Crippen molar-refractivity contribution in [3.63, 3.8) is 0 Å². The number of ether oxygens (including phenoxy) is 1. The van der Waals surface area contributed by atoms with Crippen molar-refractivity contribution in [1.82, 2.24) is 9.88 Å². The van der Waals surface area contributed by atoms with E-state index < -0.39 is 5.82 Å². The number of nitrogens with one attached hydrogen (secondary N) is 1. The van der Waals surface area contributed by atoms with Gasteiger partial charge in [0, 0.05) is 23.5 Å². The van der Waals surface area contributed by atoms with E-state index in [0.717, 1.165) is 5.56 Å². The predicted molar refractivity (Wildman–Crippen MR) is 101 cm³/mol. The van der Waals surface area contributed by atoms with Gasteiger partial charge in [0.15, 0.2) is 11.6 Å². The lowest BCUT2D eigenvalue weighted by molar-refractivity contribution is -0.117. The number of hydrogen-bond donors (Lipinski definition) is 1. The molecule has 1 saturated carbocycles. The zero-order chi connectivity index (χ0) is 18.8. The Balaban J connectivity index is 1.66. The van der Waals surface area contributed by atoms with Crippen LogP contribution in [0.3, 0.4) is 0 Å². The molecule has 1 aromatic carbocycles. The zero-order valence-corrected chi connectivity index (χ0v) is 15.7. The normalized spacial score (nSPS) is 15.3. The smallest absolute Gasteiger partial charge is 0.244 e. The lowest BCUT2D eigenvalue weighted by Crippen LogP contribution is -2.24. The molecule has 0 bridgehead atoms. The maximum absolute atomic E-state index is 13.8. The number of amides is 1. The van der Waals surface area contributed by atoms with Crippen molar-refractivity contribution in [2.45, 2.75) is 45.7 Å². The highest BCUT2D eigenvalue weighted by molar-refractivity contribution is 5.92. The van der Waals surface area contributed by atoms with Crippen molar-refractivity contribution in [1.29, 1.82) is 0 Å². The molecule has 3 rings (SSSR count). The molecule has 1 atom stereocenters. The number of carbonyl (C=O) groups is 1. The van der Waals surface area contributed by atoms with Crippen LogP contribution in [0, 0.1) is 19.7 Å². The minimum Gasteiger partial charge on any atom is -0.494 e. The Morgan fingerprint density at radius 2 is 2.08 bits per heavy atom. The van der Waals surface area contributed by atoms with E-state index in [1.807, 2.05) is 13.0 Å². The van der Waals surface area contributed by atoms with Crippen LogP contribution in [0.5, 0.6) is 5.75 Å². The molecule has 0 saturated heterocycles. The van der Waals surface area contributed by atoms with Gasteiger partial charge in [-0.05, 0) is 69.0 Å². The SMILES string of the molecule is COc1ccc([C@H](C)NC(=O)/C=C/c2cc(C)n(C3CC3)c2C)cc1F. The minimum absolute atomic E-state index is 0.193. The van der Waals surface area contributed by atoms with E-state index in [9.17, 15) is 9.18 Å². The average molecular weight is 356 g/mol. The van der Waals surface area contributed by atoms with Crippen LogP contribution in [0.2, 0.25) is 0 Å². The molecule has 4 nitrogen and oxygen atoms in total. The van der Waals surface area contributed by atoms with Crippen LogP contribution in [0.1, 0.15) is 54.4 Å². The van der Waals surface area contributed by atoms with Crippen molar-refractivity contribution in [2.24, 2.45) is 0 Å². The lowest BCUT2D eigenvalue weighted by atomic mass is 10.1. The third kappa shape index (κ3) is 3.82. The van der Waals surface area contributed by atoms with Gasteiger partial charge in [0.1, 0.15) is 0 Å². The standard InChI is InChI=1S/C21H25FN2O2/c1-13-11-17(15(3)24(13)18-7-8-18)6-10-21(25)23-14(2)16-5-9-20(26-4)19(22)12-16/h5-6,9-12,14,18H,7-8H2,1-4H3,(H,23,25)/b10-6+/t14-/m0/s1. The number of halogens is 1. The maximum atomic E-state index is 13.8. The average Bonchev–Trinajstić information content (AvgIpc) is 3.38. The van der Waals surface area contributed by atoms with Crippen LogP contribution in [0.25, 0.3) is 6.08 Å². The molecule has 26 heavy (non-hydrogen) atoms. The Bertz CT molecular complexity index is 850. The van der Waals surface area contributed by atoms with E-state index in [4.69, 9.17) is 4.74 Å². The van der Waals surface area contributed by atoms with Gasteiger partial charge in [0.2, 0.25) is 5.91 Å². The third-order valence-corrected chi connectivity index (χ3v) is 4.88. The highest BCUT2D eigenvalue weighted by Crippen LogP contribution is 2.38. The summed E-state index contributed by atoms with van der Waals surface area (Å²) in [6.45, 7) is 6.01. The first-order chi connectivity index (χ1) is 12.4. The number of hydrogen-bond acceptors (Lipinski definition) is 2. The van der Waals surface area contributed by atoms with E-state index in [2.05, 4.69) is 29.8 Å². The molecular weight excluding hydrogens is 331 g/mol.